The molecule has 0 spiro atoms. The molecule has 1 fully saturated rings. The lowest BCUT2D eigenvalue weighted by Gasteiger charge is -2.16. The number of aromatic nitrogens is 1. The third-order valence-electron chi connectivity index (χ3n) is 3.31. The summed E-state index contributed by atoms with van der Waals surface area (Å²) < 4.78 is 0. The number of nitrogens with zero attached hydrogens (tertiary/aromatic N) is 3. The van der Waals surface area contributed by atoms with E-state index < -0.39 is 10.9 Å². The zero-order valence-electron chi connectivity index (χ0n) is 10.4. The van der Waals surface area contributed by atoms with Gasteiger partial charge in [-0.25, -0.2) is 4.98 Å². The largest absolute Gasteiger partial charge is 0.481 e. The van der Waals surface area contributed by atoms with Crippen molar-refractivity contribution in [2.45, 2.75) is 19.3 Å². The number of anilines is 1. The van der Waals surface area contributed by atoms with Crippen molar-refractivity contribution in [1.29, 1.82) is 0 Å². The van der Waals surface area contributed by atoms with Crippen molar-refractivity contribution >= 4 is 17.5 Å². The molecule has 1 unspecified atom stereocenters. The van der Waals surface area contributed by atoms with E-state index >= 15 is 0 Å². The summed E-state index contributed by atoms with van der Waals surface area (Å²) in [6, 6.07) is 2.98. The van der Waals surface area contributed by atoms with Gasteiger partial charge in [-0.15, -0.1) is 0 Å². The normalized spacial score (nSPS) is 18.5. The molecule has 0 radical (unpaired) electrons. The Balaban J connectivity index is 2.04. The number of carbonyl (C=O) groups is 1. The fraction of sp³-hybridized carbons (Fsp3) is 0.500. The average Bonchev–Trinajstić information content (AvgIpc) is 2.85. The molecule has 102 valence electrons. The minimum Gasteiger partial charge on any atom is -0.481 e. The summed E-state index contributed by atoms with van der Waals surface area (Å²) in [6.45, 7) is 1.31. The predicted molar refractivity (Wildman–Crippen MR) is 68.1 cm³/mol. The number of nitro groups is 1. The van der Waals surface area contributed by atoms with E-state index in [-0.39, 0.29) is 18.0 Å². The second kappa shape index (κ2) is 5.64. The summed E-state index contributed by atoms with van der Waals surface area (Å²) in [5.41, 5.74) is 0.00128. The maximum Gasteiger partial charge on any atom is 0.311 e. The van der Waals surface area contributed by atoms with Crippen LogP contribution in [0.25, 0.3) is 0 Å². The van der Waals surface area contributed by atoms with E-state index in [1.165, 1.54) is 12.3 Å². The van der Waals surface area contributed by atoms with Gasteiger partial charge in [0.1, 0.15) is 0 Å². The van der Waals surface area contributed by atoms with Crippen molar-refractivity contribution in [3.05, 3.63) is 28.4 Å². The average molecular weight is 265 g/mol. The Bertz CT molecular complexity index is 492. The molecular formula is C12H15N3O4. The van der Waals surface area contributed by atoms with E-state index in [0.29, 0.717) is 25.3 Å². The van der Waals surface area contributed by atoms with Crippen molar-refractivity contribution in [3.63, 3.8) is 0 Å². The number of carboxylic acid groups (broad SMARTS) is 1. The third-order valence-corrected chi connectivity index (χ3v) is 3.31. The van der Waals surface area contributed by atoms with Gasteiger partial charge in [0.2, 0.25) is 5.82 Å². The quantitative estimate of drug-likeness (QED) is 0.642. The molecule has 1 aliphatic rings. The Kier molecular flexibility index (Phi) is 3.94. The number of hydrogen-bond acceptors (Lipinski definition) is 5. The molecule has 0 amide bonds. The lowest BCUT2D eigenvalue weighted by molar-refractivity contribution is -0.384. The van der Waals surface area contributed by atoms with E-state index in [9.17, 15) is 14.9 Å². The molecule has 1 aromatic heterocycles. The van der Waals surface area contributed by atoms with Crippen LogP contribution in [0.3, 0.4) is 0 Å². The summed E-state index contributed by atoms with van der Waals surface area (Å²) >= 11 is 0. The Morgan fingerprint density at radius 1 is 1.63 bits per heavy atom. The number of carboxylic acids is 1. The van der Waals surface area contributed by atoms with Gasteiger partial charge in [-0.05, 0) is 24.8 Å². The Labute approximate surface area is 110 Å². The molecule has 0 bridgehead atoms. The Morgan fingerprint density at radius 3 is 3.11 bits per heavy atom. The fourth-order valence-electron chi connectivity index (χ4n) is 2.36. The molecule has 1 atom stereocenters. The molecule has 1 saturated heterocycles. The maximum atomic E-state index is 10.9. The first-order chi connectivity index (χ1) is 9.08. The lowest BCUT2D eigenvalue weighted by atomic mass is 10.0. The topological polar surface area (TPSA) is 96.6 Å². The standard InChI is InChI=1S/C12H15N3O4/c16-11(17)4-3-9-5-7-14(8-9)12-10(15(18)19)2-1-6-13-12/h1-2,6,9H,3-5,7-8H2,(H,16,17). The van der Waals surface area contributed by atoms with E-state index in [1.54, 1.807) is 6.07 Å². The Hall–Kier alpha value is -2.18. The molecule has 7 heteroatoms. The minimum atomic E-state index is -0.803. The SMILES string of the molecule is O=C(O)CCC1CCN(c2ncccc2[N+](=O)[O-])C1. The van der Waals surface area contributed by atoms with Crippen LogP contribution in [-0.2, 0) is 4.79 Å². The van der Waals surface area contributed by atoms with Crippen LogP contribution < -0.4 is 4.90 Å². The van der Waals surface area contributed by atoms with E-state index in [0.717, 1.165) is 6.42 Å². The van der Waals surface area contributed by atoms with Crippen molar-refractivity contribution in [3.8, 4) is 0 Å². The maximum absolute atomic E-state index is 10.9. The third kappa shape index (κ3) is 3.18. The van der Waals surface area contributed by atoms with Crippen LogP contribution in [0, 0.1) is 16.0 Å². The van der Waals surface area contributed by atoms with Gasteiger partial charge in [0.15, 0.2) is 0 Å². The predicted octanol–water partition coefficient (Wildman–Crippen LogP) is 1.68. The first kappa shape index (κ1) is 13.3. The van der Waals surface area contributed by atoms with Gasteiger partial charge in [-0.2, -0.15) is 0 Å². The van der Waals surface area contributed by atoms with Gasteiger partial charge in [0, 0.05) is 31.8 Å². The second-order valence-corrected chi connectivity index (χ2v) is 4.64. The van der Waals surface area contributed by atoms with Crippen LogP contribution in [-0.4, -0.2) is 34.1 Å². The molecule has 0 aliphatic carbocycles. The highest BCUT2D eigenvalue weighted by Gasteiger charge is 2.28. The monoisotopic (exact) mass is 265 g/mol. The molecule has 19 heavy (non-hydrogen) atoms. The molecule has 1 aliphatic heterocycles. The zero-order valence-corrected chi connectivity index (χ0v) is 10.4. The highest BCUT2D eigenvalue weighted by Crippen LogP contribution is 2.31. The van der Waals surface area contributed by atoms with Gasteiger partial charge in [0.05, 0.1) is 4.92 Å². The van der Waals surface area contributed by atoms with Gasteiger partial charge in [-0.3, -0.25) is 14.9 Å². The van der Waals surface area contributed by atoms with E-state index in [4.69, 9.17) is 5.11 Å². The molecule has 1 aromatic rings. The van der Waals surface area contributed by atoms with E-state index in [2.05, 4.69) is 4.98 Å². The van der Waals surface area contributed by atoms with Gasteiger partial charge in [-0.1, -0.05) is 0 Å². The first-order valence-electron chi connectivity index (χ1n) is 6.14. The lowest BCUT2D eigenvalue weighted by Crippen LogP contribution is -2.22. The smallest absolute Gasteiger partial charge is 0.311 e. The number of rotatable bonds is 5. The van der Waals surface area contributed by atoms with Gasteiger partial charge >= 0.3 is 11.7 Å². The molecule has 7 nitrogen and oxygen atoms in total. The van der Waals surface area contributed by atoms with Crippen LogP contribution in [0.15, 0.2) is 18.3 Å². The summed E-state index contributed by atoms with van der Waals surface area (Å²) in [5, 5.41) is 19.6. The Morgan fingerprint density at radius 2 is 2.42 bits per heavy atom. The zero-order chi connectivity index (χ0) is 13.8. The second-order valence-electron chi connectivity index (χ2n) is 4.64. The fourth-order valence-corrected chi connectivity index (χ4v) is 2.36. The highest BCUT2D eigenvalue weighted by molar-refractivity contribution is 5.66. The van der Waals surface area contributed by atoms with Crippen LogP contribution in [0.4, 0.5) is 11.5 Å². The van der Waals surface area contributed by atoms with Gasteiger partial charge < -0.3 is 10.0 Å². The summed E-state index contributed by atoms with van der Waals surface area (Å²) in [6.07, 6.45) is 3.13. The van der Waals surface area contributed by atoms with Crippen molar-refractivity contribution < 1.29 is 14.8 Å². The van der Waals surface area contributed by atoms with Gasteiger partial charge in [0.25, 0.3) is 0 Å². The summed E-state index contributed by atoms with van der Waals surface area (Å²) in [5.74, 6) is -0.162. The summed E-state index contributed by atoms with van der Waals surface area (Å²) in [7, 11) is 0. The van der Waals surface area contributed by atoms with Crippen molar-refractivity contribution in [1.82, 2.24) is 4.98 Å². The van der Waals surface area contributed by atoms with Crippen molar-refractivity contribution in [2.75, 3.05) is 18.0 Å². The van der Waals surface area contributed by atoms with Crippen LogP contribution in [0.2, 0.25) is 0 Å². The van der Waals surface area contributed by atoms with Crippen LogP contribution >= 0.6 is 0 Å². The highest BCUT2D eigenvalue weighted by atomic mass is 16.6. The number of pyridine rings is 1. The molecule has 2 rings (SSSR count). The molecule has 0 aromatic carbocycles. The summed E-state index contributed by atoms with van der Waals surface area (Å²) in [4.78, 5) is 27.0. The van der Waals surface area contributed by atoms with Crippen LogP contribution in [0.5, 0.6) is 0 Å². The number of hydrogen-bond donors (Lipinski definition) is 1. The molecule has 2 heterocycles. The molecular weight excluding hydrogens is 250 g/mol. The van der Waals surface area contributed by atoms with Crippen molar-refractivity contribution in [2.24, 2.45) is 5.92 Å². The minimum absolute atomic E-state index is 0.00128. The van der Waals surface area contributed by atoms with E-state index in [1.807, 2.05) is 4.90 Å². The first-order valence-corrected chi connectivity index (χ1v) is 6.14. The van der Waals surface area contributed by atoms with Crippen LogP contribution in [0.1, 0.15) is 19.3 Å². The number of aliphatic carboxylic acids is 1. The molecule has 0 saturated carbocycles. The molecule has 1 N–H and O–H groups in total.